The van der Waals surface area contributed by atoms with Gasteiger partial charge in [-0.15, -0.1) is 12.6 Å². The first-order valence-electron chi connectivity index (χ1n) is 3.82. The lowest BCUT2D eigenvalue weighted by molar-refractivity contribution is 0.151. The maximum atomic E-state index is 12.3. The van der Waals surface area contributed by atoms with Crippen LogP contribution in [0.5, 0.6) is 5.06 Å². The van der Waals surface area contributed by atoms with Crippen molar-refractivity contribution in [2.45, 2.75) is 11.3 Å². The van der Waals surface area contributed by atoms with Crippen LogP contribution in [0.25, 0.3) is 10.1 Å². The van der Waals surface area contributed by atoms with Crippen molar-refractivity contribution in [2.24, 2.45) is 0 Å². The highest BCUT2D eigenvalue weighted by molar-refractivity contribution is 7.81. The number of hydrogen-bond acceptors (Lipinski definition) is 3. The van der Waals surface area contributed by atoms with Gasteiger partial charge in [0.1, 0.15) is 0 Å². The van der Waals surface area contributed by atoms with Gasteiger partial charge in [-0.25, -0.2) is 8.78 Å². The molecule has 14 heavy (non-hydrogen) atoms. The van der Waals surface area contributed by atoms with Gasteiger partial charge in [-0.1, -0.05) is 23.5 Å². The quantitative estimate of drug-likeness (QED) is 0.716. The number of fused-ring (bicyclic) bond motifs is 1. The van der Waals surface area contributed by atoms with E-state index in [0.717, 1.165) is 11.3 Å². The Morgan fingerprint density at radius 1 is 1.36 bits per heavy atom. The van der Waals surface area contributed by atoms with Crippen LogP contribution < -0.4 is 0 Å². The maximum Gasteiger partial charge on any atom is 0.263 e. The first kappa shape index (κ1) is 9.73. The molecule has 0 unspecified atom stereocenters. The van der Waals surface area contributed by atoms with Crippen molar-refractivity contribution in [1.29, 1.82) is 0 Å². The summed E-state index contributed by atoms with van der Waals surface area (Å²) in [6.07, 6.45) is -2.48. The van der Waals surface area contributed by atoms with Crippen LogP contribution in [0.1, 0.15) is 12.0 Å². The summed E-state index contributed by atoms with van der Waals surface area (Å²) in [4.78, 5) is 0.450. The van der Waals surface area contributed by atoms with E-state index in [0.29, 0.717) is 15.0 Å². The molecule has 1 aromatic carbocycles. The first-order valence-corrected chi connectivity index (χ1v) is 5.08. The molecule has 5 heteroatoms. The molecule has 0 fully saturated rings. The van der Waals surface area contributed by atoms with E-state index in [1.807, 2.05) is 0 Å². The standard InChI is InChI=1S/C9H6F2OS2/c10-8(11)4-1-2-5-6(3-4)14-9(12)7(5)13/h1-3,8,12-13H. The highest BCUT2D eigenvalue weighted by Crippen LogP contribution is 2.40. The molecule has 74 valence electrons. The van der Waals surface area contributed by atoms with E-state index in [1.54, 1.807) is 6.07 Å². The molecule has 0 spiro atoms. The van der Waals surface area contributed by atoms with Crippen LogP contribution in [0.3, 0.4) is 0 Å². The Bertz CT molecular complexity index is 479. The fourth-order valence-corrected chi connectivity index (χ4v) is 2.52. The molecule has 0 aliphatic carbocycles. The second-order valence-electron chi connectivity index (χ2n) is 2.81. The minimum atomic E-state index is -2.48. The van der Waals surface area contributed by atoms with Crippen molar-refractivity contribution < 1.29 is 13.9 Å². The maximum absolute atomic E-state index is 12.3. The van der Waals surface area contributed by atoms with E-state index in [2.05, 4.69) is 12.6 Å². The topological polar surface area (TPSA) is 20.2 Å². The minimum absolute atomic E-state index is 0.0351. The monoisotopic (exact) mass is 232 g/mol. The molecule has 0 saturated carbocycles. The van der Waals surface area contributed by atoms with Gasteiger partial charge in [0, 0.05) is 15.6 Å². The number of alkyl halides is 2. The van der Waals surface area contributed by atoms with Gasteiger partial charge in [0.15, 0.2) is 5.06 Å². The first-order chi connectivity index (χ1) is 6.59. The Morgan fingerprint density at radius 3 is 2.71 bits per heavy atom. The third-order valence-corrected chi connectivity index (χ3v) is 3.48. The number of benzene rings is 1. The van der Waals surface area contributed by atoms with Crippen LogP contribution in [0, 0.1) is 0 Å². The Labute approximate surface area is 88.4 Å². The summed E-state index contributed by atoms with van der Waals surface area (Å²) in [6.45, 7) is 0. The van der Waals surface area contributed by atoms with Gasteiger partial charge in [0.25, 0.3) is 6.43 Å². The number of halogens is 2. The number of aromatic hydroxyl groups is 1. The Kier molecular flexibility index (Phi) is 2.36. The lowest BCUT2D eigenvalue weighted by Gasteiger charge is -1.98. The van der Waals surface area contributed by atoms with E-state index < -0.39 is 6.43 Å². The molecule has 1 nitrogen and oxygen atoms in total. The van der Waals surface area contributed by atoms with Gasteiger partial charge in [0.05, 0.1) is 4.90 Å². The van der Waals surface area contributed by atoms with Crippen LogP contribution in [0.2, 0.25) is 0 Å². The van der Waals surface area contributed by atoms with Gasteiger partial charge in [0.2, 0.25) is 0 Å². The summed E-state index contributed by atoms with van der Waals surface area (Å²) >= 11 is 5.13. The van der Waals surface area contributed by atoms with Gasteiger partial charge in [-0.2, -0.15) is 0 Å². The SMILES string of the molecule is Oc1sc2cc(C(F)F)ccc2c1S. The molecule has 0 aliphatic heterocycles. The second-order valence-corrected chi connectivity index (χ2v) is 4.29. The summed E-state index contributed by atoms with van der Waals surface area (Å²) in [7, 11) is 0. The minimum Gasteiger partial charge on any atom is -0.499 e. The average Bonchev–Trinajstić information content (AvgIpc) is 2.42. The number of rotatable bonds is 1. The Balaban J connectivity index is 2.67. The molecule has 1 heterocycles. The second kappa shape index (κ2) is 3.40. The van der Waals surface area contributed by atoms with E-state index in [1.165, 1.54) is 12.1 Å². The third-order valence-electron chi connectivity index (χ3n) is 1.92. The number of thiophene rings is 1. The predicted molar refractivity (Wildman–Crippen MR) is 55.7 cm³/mol. The van der Waals surface area contributed by atoms with E-state index in [9.17, 15) is 13.9 Å². The zero-order chi connectivity index (χ0) is 10.3. The molecule has 0 amide bonds. The lowest BCUT2D eigenvalue weighted by atomic mass is 10.2. The lowest BCUT2D eigenvalue weighted by Crippen LogP contribution is -1.81. The average molecular weight is 232 g/mol. The van der Waals surface area contributed by atoms with Crippen molar-refractivity contribution in [3.05, 3.63) is 23.8 Å². The molecule has 2 aromatic rings. The number of thiol groups is 1. The molecule has 2 rings (SSSR count). The summed E-state index contributed by atoms with van der Waals surface area (Å²) in [5.74, 6) is 0. The molecule has 0 aliphatic rings. The predicted octanol–water partition coefficient (Wildman–Crippen LogP) is 3.83. The summed E-state index contributed by atoms with van der Waals surface area (Å²) in [5.41, 5.74) is -0.0351. The van der Waals surface area contributed by atoms with Crippen LogP contribution in [-0.2, 0) is 0 Å². The van der Waals surface area contributed by atoms with Gasteiger partial charge in [-0.3, -0.25) is 0 Å². The Morgan fingerprint density at radius 2 is 2.07 bits per heavy atom. The van der Waals surface area contributed by atoms with Crippen LogP contribution in [-0.4, -0.2) is 5.11 Å². The van der Waals surface area contributed by atoms with Crippen molar-refractivity contribution in [2.75, 3.05) is 0 Å². The van der Waals surface area contributed by atoms with E-state index in [4.69, 9.17) is 0 Å². The molecule has 1 N–H and O–H groups in total. The van der Waals surface area contributed by atoms with Crippen LogP contribution in [0.4, 0.5) is 8.78 Å². The van der Waals surface area contributed by atoms with Crippen molar-refractivity contribution >= 4 is 34.1 Å². The zero-order valence-electron chi connectivity index (χ0n) is 6.87. The fraction of sp³-hybridized carbons (Fsp3) is 0.111. The largest absolute Gasteiger partial charge is 0.499 e. The van der Waals surface area contributed by atoms with E-state index in [-0.39, 0.29) is 10.6 Å². The van der Waals surface area contributed by atoms with Crippen LogP contribution >= 0.6 is 24.0 Å². The summed E-state index contributed by atoms with van der Waals surface area (Å²) in [6, 6.07) is 4.28. The molecule has 0 bridgehead atoms. The Hall–Kier alpha value is -0.810. The molecule has 0 atom stereocenters. The van der Waals surface area contributed by atoms with Crippen LogP contribution in [0.15, 0.2) is 23.1 Å². The third kappa shape index (κ3) is 1.46. The summed E-state index contributed by atoms with van der Waals surface area (Å²) in [5, 5.41) is 10.1. The van der Waals surface area contributed by atoms with Crippen molar-refractivity contribution in [3.63, 3.8) is 0 Å². The highest BCUT2D eigenvalue weighted by Gasteiger charge is 2.12. The van der Waals surface area contributed by atoms with Gasteiger partial charge < -0.3 is 5.11 Å². The zero-order valence-corrected chi connectivity index (χ0v) is 8.58. The normalized spacial score (nSPS) is 11.4. The molecular weight excluding hydrogens is 226 g/mol. The van der Waals surface area contributed by atoms with Gasteiger partial charge >= 0.3 is 0 Å². The molecule has 0 saturated heterocycles. The van der Waals surface area contributed by atoms with Crippen molar-refractivity contribution in [1.82, 2.24) is 0 Å². The van der Waals surface area contributed by atoms with Gasteiger partial charge in [-0.05, 0) is 6.07 Å². The number of hydrogen-bond donors (Lipinski definition) is 2. The smallest absolute Gasteiger partial charge is 0.263 e. The molecular formula is C9H6F2OS2. The molecule has 0 radical (unpaired) electrons. The van der Waals surface area contributed by atoms with Crippen molar-refractivity contribution in [3.8, 4) is 5.06 Å². The molecule has 1 aromatic heterocycles. The van der Waals surface area contributed by atoms with E-state index >= 15 is 0 Å². The highest BCUT2D eigenvalue weighted by atomic mass is 32.1. The fourth-order valence-electron chi connectivity index (χ4n) is 1.22. The summed E-state index contributed by atoms with van der Waals surface area (Å²) < 4.78 is 25.3.